The summed E-state index contributed by atoms with van der Waals surface area (Å²) in [5, 5.41) is 0. The zero-order chi connectivity index (χ0) is 17.3. The Balaban J connectivity index is 1.64. The van der Waals surface area contributed by atoms with Gasteiger partial charge in [0.05, 0.1) is 0 Å². The first kappa shape index (κ1) is 16.8. The van der Waals surface area contributed by atoms with Crippen LogP contribution >= 0.6 is 0 Å². The van der Waals surface area contributed by atoms with Crippen molar-refractivity contribution in [2.45, 2.75) is 5.92 Å². The average molecular weight is 332 g/mol. The van der Waals surface area contributed by atoms with Crippen LogP contribution in [0.2, 0.25) is 0 Å². The number of hydrogen-bond donors (Lipinski definition) is 0. The fourth-order valence-corrected chi connectivity index (χ4v) is 2.66. The first-order chi connectivity index (χ1) is 12.3. The third-order valence-corrected chi connectivity index (χ3v) is 3.84. The Labute approximate surface area is 147 Å². The molecule has 0 radical (unpaired) electrons. The minimum absolute atomic E-state index is 0.212. The summed E-state index contributed by atoms with van der Waals surface area (Å²) in [5.41, 5.74) is 1.84. The lowest BCUT2D eigenvalue weighted by atomic mass is 9.91. The topological polar surface area (TPSA) is 35.5 Å². The van der Waals surface area contributed by atoms with E-state index in [-0.39, 0.29) is 12.6 Å². The molecule has 126 valence electrons. The fraction of sp³-hybridized carbons (Fsp3) is 0.136. The molecule has 3 nitrogen and oxygen atoms in total. The van der Waals surface area contributed by atoms with E-state index in [1.807, 2.05) is 91.0 Å². The van der Waals surface area contributed by atoms with Crippen molar-refractivity contribution in [3.05, 3.63) is 102 Å². The van der Waals surface area contributed by atoms with Gasteiger partial charge < -0.3 is 9.47 Å². The number of carbonyl (C=O) groups excluding carboxylic acids is 1. The SMILES string of the molecule is O=C(OCCOc1ccccc1)C(c1ccccc1)c1ccccc1. The maximum Gasteiger partial charge on any atom is 0.318 e. The Morgan fingerprint density at radius 3 is 1.68 bits per heavy atom. The van der Waals surface area contributed by atoms with Gasteiger partial charge in [-0.3, -0.25) is 4.79 Å². The van der Waals surface area contributed by atoms with Crippen LogP contribution in [0.5, 0.6) is 5.75 Å². The number of rotatable bonds is 7. The molecule has 3 aromatic rings. The predicted octanol–water partition coefficient (Wildman–Crippen LogP) is 4.44. The zero-order valence-electron chi connectivity index (χ0n) is 13.9. The first-order valence-corrected chi connectivity index (χ1v) is 8.29. The fourth-order valence-electron chi connectivity index (χ4n) is 2.66. The van der Waals surface area contributed by atoms with Gasteiger partial charge in [0.1, 0.15) is 24.9 Å². The summed E-state index contributed by atoms with van der Waals surface area (Å²) >= 11 is 0. The number of benzene rings is 3. The summed E-state index contributed by atoms with van der Waals surface area (Å²) in [6.45, 7) is 0.538. The Hall–Kier alpha value is -3.07. The molecule has 25 heavy (non-hydrogen) atoms. The van der Waals surface area contributed by atoms with Crippen molar-refractivity contribution in [2.75, 3.05) is 13.2 Å². The molecule has 0 N–H and O–H groups in total. The summed E-state index contributed by atoms with van der Waals surface area (Å²) in [5.74, 6) is 0.0643. The van der Waals surface area contributed by atoms with E-state index in [2.05, 4.69) is 0 Å². The van der Waals surface area contributed by atoms with E-state index in [4.69, 9.17) is 9.47 Å². The number of esters is 1. The van der Waals surface area contributed by atoms with Crippen LogP contribution in [0.1, 0.15) is 17.0 Å². The molecule has 0 heterocycles. The number of carbonyl (C=O) groups is 1. The van der Waals surface area contributed by atoms with Gasteiger partial charge in [0, 0.05) is 0 Å². The van der Waals surface area contributed by atoms with Crippen molar-refractivity contribution in [1.29, 1.82) is 0 Å². The molecule has 0 unspecified atom stereocenters. The van der Waals surface area contributed by atoms with Gasteiger partial charge in [-0.2, -0.15) is 0 Å². The van der Waals surface area contributed by atoms with Crippen LogP contribution in [0.4, 0.5) is 0 Å². The van der Waals surface area contributed by atoms with Crippen molar-refractivity contribution in [2.24, 2.45) is 0 Å². The molecule has 0 saturated carbocycles. The Bertz CT molecular complexity index is 731. The molecule has 0 spiro atoms. The molecule has 0 aromatic heterocycles. The van der Waals surface area contributed by atoms with Crippen LogP contribution in [-0.2, 0) is 9.53 Å². The Kier molecular flexibility index (Phi) is 5.83. The van der Waals surface area contributed by atoms with Crippen LogP contribution in [0.25, 0.3) is 0 Å². The summed E-state index contributed by atoms with van der Waals surface area (Å²) in [4.78, 5) is 12.7. The van der Waals surface area contributed by atoms with Crippen LogP contribution in [0, 0.1) is 0 Å². The van der Waals surface area contributed by atoms with Gasteiger partial charge in [-0.25, -0.2) is 0 Å². The third-order valence-electron chi connectivity index (χ3n) is 3.84. The van der Waals surface area contributed by atoms with Gasteiger partial charge in [-0.1, -0.05) is 78.9 Å². The highest BCUT2D eigenvalue weighted by Gasteiger charge is 2.23. The van der Waals surface area contributed by atoms with E-state index in [0.717, 1.165) is 16.9 Å². The lowest BCUT2D eigenvalue weighted by Gasteiger charge is -2.17. The number of ether oxygens (including phenoxy) is 2. The van der Waals surface area contributed by atoms with Crippen molar-refractivity contribution in [3.8, 4) is 5.75 Å². The van der Waals surface area contributed by atoms with Gasteiger partial charge in [-0.05, 0) is 23.3 Å². The predicted molar refractivity (Wildman–Crippen MR) is 97.6 cm³/mol. The van der Waals surface area contributed by atoms with Gasteiger partial charge >= 0.3 is 5.97 Å². The van der Waals surface area contributed by atoms with Gasteiger partial charge in [0.15, 0.2) is 0 Å². The van der Waals surface area contributed by atoms with Crippen molar-refractivity contribution in [3.63, 3.8) is 0 Å². The highest BCUT2D eigenvalue weighted by atomic mass is 16.6. The second kappa shape index (κ2) is 8.69. The third kappa shape index (κ3) is 4.70. The van der Waals surface area contributed by atoms with E-state index < -0.39 is 5.92 Å². The standard InChI is InChI=1S/C22H20O3/c23-22(25-17-16-24-20-14-8-3-9-15-20)21(18-10-4-1-5-11-18)19-12-6-2-7-13-19/h1-15,21H,16-17H2. The van der Waals surface area contributed by atoms with Crippen molar-refractivity contribution in [1.82, 2.24) is 0 Å². The molecule has 0 atom stereocenters. The molecule has 0 aliphatic carbocycles. The molecule has 0 amide bonds. The first-order valence-electron chi connectivity index (χ1n) is 8.29. The summed E-state index contributed by atoms with van der Waals surface area (Å²) in [6.07, 6.45) is 0. The van der Waals surface area contributed by atoms with Crippen LogP contribution in [0.15, 0.2) is 91.0 Å². The molecule has 0 aliphatic rings. The Morgan fingerprint density at radius 1 is 0.680 bits per heavy atom. The minimum Gasteiger partial charge on any atom is -0.490 e. The lowest BCUT2D eigenvalue weighted by Crippen LogP contribution is -2.20. The van der Waals surface area contributed by atoms with Gasteiger partial charge in [0.2, 0.25) is 0 Å². The monoisotopic (exact) mass is 332 g/mol. The molecular formula is C22H20O3. The van der Waals surface area contributed by atoms with E-state index in [9.17, 15) is 4.79 Å². The maximum atomic E-state index is 12.7. The van der Waals surface area contributed by atoms with Gasteiger partial charge in [-0.15, -0.1) is 0 Å². The van der Waals surface area contributed by atoms with Crippen molar-refractivity contribution < 1.29 is 14.3 Å². The molecule has 3 heteroatoms. The molecule has 0 aliphatic heterocycles. The average Bonchev–Trinajstić information content (AvgIpc) is 2.68. The molecule has 0 fully saturated rings. The zero-order valence-corrected chi connectivity index (χ0v) is 13.9. The van der Waals surface area contributed by atoms with Crippen LogP contribution < -0.4 is 4.74 Å². The van der Waals surface area contributed by atoms with E-state index in [1.54, 1.807) is 0 Å². The van der Waals surface area contributed by atoms with E-state index in [1.165, 1.54) is 0 Å². The largest absolute Gasteiger partial charge is 0.490 e. The molecule has 3 rings (SSSR count). The Morgan fingerprint density at radius 2 is 1.16 bits per heavy atom. The van der Waals surface area contributed by atoms with E-state index >= 15 is 0 Å². The number of hydrogen-bond acceptors (Lipinski definition) is 3. The number of para-hydroxylation sites is 1. The summed E-state index contributed by atoms with van der Waals surface area (Å²) in [6, 6.07) is 28.8. The van der Waals surface area contributed by atoms with E-state index in [0.29, 0.717) is 6.61 Å². The molecule has 3 aromatic carbocycles. The van der Waals surface area contributed by atoms with Crippen LogP contribution in [0.3, 0.4) is 0 Å². The van der Waals surface area contributed by atoms with Gasteiger partial charge in [0.25, 0.3) is 0 Å². The highest BCUT2D eigenvalue weighted by molar-refractivity contribution is 5.82. The molecular weight excluding hydrogens is 312 g/mol. The summed E-state index contributed by atoms with van der Waals surface area (Å²) < 4.78 is 11.0. The van der Waals surface area contributed by atoms with Crippen molar-refractivity contribution >= 4 is 5.97 Å². The lowest BCUT2D eigenvalue weighted by molar-refractivity contribution is -0.145. The second-order valence-electron chi connectivity index (χ2n) is 5.58. The summed E-state index contributed by atoms with van der Waals surface area (Å²) in [7, 11) is 0. The molecule has 0 saturated heterocycles. The maximum absolute atomic E-state index is 12.7. The smallest absolute Gasteiger partial charge is 0.318 e. The quantitative estimate of drug-likeness (QED) is 0.474. The highest BCUT2D eigenvalue weighted by Crippen LogP contribution is 2.25. The second-order valence-corrected chi connectivity index (χ2v) is 5.58. The molecule has 0 bridgehead atoms. The van der Waals surface area contributed by atoms with Crippen LogP contribution in [-0.4, -0.2) is 19.2 Å². The minimum atomic E-state index is -0.431. The normalized spacial score (nSPS) is 10.4.